The van der Waals surface area contributed by atoms with Crippen LogP contribution in [0.3, 0.4) is 0 Å². The van der Waals surface area contributed by atoms with Gasteiger partial charge in [-0.3, -0.25) is 4.79 Å². The van der Waals surface area contributed by atoms with E-state index in [9.17, 15) is 9.18 Å². The van der Waals surface area contributed by atoms with Gasteiger partial charge in [0.15, 0.2) is 0 Å². The largest absolute Gasteiger partial charge is 0.339 e. The minimum Gasteiger partial charge on any atom is -0.339 e. The molecule has 17 heavy (non-hydrogen) atoms. The van der Waals surface area contributed by atoms with Crippen molar-refractivity contribution in [2.75, 3.05) is 7.05 Å². The van der Waals surface area contributed by atoms with Crippen molar-refractivity contribution in [1.29, 1.82) is 0 Å². The molecule has 0 saturated heterocycles. The van der Waals surface area contributed by atoms with E-state index in [1.54, 1.807) is 24.9 Å². The number of amides is 1. The second-order valence-electron chi connectivity index (χ2n) is 4.51. The average Bonchev–Trinajstić information content (AvgIpc) is 2.27. The third-order valence-electron chi connectivity index (χ3n) is 3.11. The Morgan fingerprint density at radius 2 is 2.12 bits per heavy atom. The molecule has 1 amide bonds. The van der Waals surface area contributed by atoms with E-state index in [2.05, 4.69) is 6.92 Å². The molecule has 0 spiro atoms. The predicted molar refractivity (Wildman–Crippen MR) is 67.6 cm³/mol. The molecule has 0 fully saturated rings. The van der Waals surface area contributed by atoms with Crippen molar-refractivity contribution >= 4 is 5.91 Å². The number of benzene rings is 1. The van der Waals surface area contributed by atoms with Gasteiger partial charge in [-0.05, 0) is 44.0 Å². The summed E-state index contributed by atoms with van der Waals surface area (Å²) in [5, 5.41) is 0. The first-order chi connectivity index (χ1) is 7.97. The van der Waals surface area contributed by atoms with Gasteiger partial charge in [0.25, 0.3) is 5.91 Å². The molecule has 0 aromatic heterocycles. The van der Waals surface area contributed by atoms with Crippen molar-refractivity contribution in [2.45, 2.75) is 39.7 Å². The van der Waals surface area contributed by atoms with Crippen LogP contribution in [0.25, 0.3) is 0 Å². The quantitative estimate of drug-likeness (QED) is 0.786. The van der Waals surface area contributed by atoms with Gasteiger partial charge in [-0.15, -0.1) is 0 Å². The molecule has 0 aliphatic heterocycles. The highest BCUT2D eigenvalue weighted by molar-refractivity contribution is 5.95. The van der Waals surface area contributed by atoms with Gasteiger partial charge >= 0.3 is 0 Å². The van der Waals surface area contributed by atoms with Gasteiger partial charge in [0.05, 0.1) is 0 Å². The number of nitrogens with zero attached hydrogens (tertiary/aromatic N) is 1. The van der Waals surface area contributed by atoms with E-state index in [4.69, 9.17) is 0 Å². The Kier molecular flexibility index (Phi) is 4.67. The zero-order valence-electron chi connectivity index (χ0n) is 11.0. The third-order valence-corrected chi connectivity index (χ3v) is 3.11. The van der Waals surface area contributed by atoms with Gasteiger partial charge in [0.2, 0.25) is 0 Å². The molecule has 1 atom stereocenters. The van der Waals surface area contributed by atoms with E-state index in [0.29, 0.717) is 11.1 Å². The van der Waals surface area contributed by atoms with Crippen molar-refractivity contribution < 1.29 is 9.18 Å². The molecule has 2 nitrogen and oxygen atoms in total. The van der Waals surface area contributed by atoms with Gasteiger partial charge in [-0.2, -0.15) is 0 Å². The summed E-state index contributed by atoms with van der Waals surface area (Å²) >= 11 is 0. The van der Waals surface area contributed by atoms with E-state index in [1.807, 2.05) is 6.92 Å². The number of carbonyl (C=O) groups is 1. The summed E-state index contributed by atoms with van der Waals surface area (Å²) in [5.41, 5.74) is 1.27. The number of hydrogen-bond donors (Lipinski definition) is 0. The maximum absolute atomic E-state index is 13.0. The Morgan fingerprint density at radius 1 is 1.47 bits per heavy atom. The normalized spacial score (nSPS) is 12.3. The van der Waals surface area contributed by atoms with E-state index in [0.717, 1.165) is 12.8 Å². The summed E-state index contributed by atoms with van der Waals surface area (Å²) in [6.45, 7) is 5.88. The lowest BCUT2D eigenvalue weighted by Gasteiger charge is -2.25. The van der Waals surface area contributed by atoms with E-state index < -0.39 is 0 Å². The summed E-state index contributed by atoms with van der Waals surface area (Å²) in [7, 11) is 1.80. The highest BCUT2D eigenvalue weighted by Crippen LogP contribution is 2.15. The van der Waals surface area contributed by atoms with Crippen LogP contribution in [-0.2, 0) is 0 Å². The van der Waals surface area contributed by atoms with Crippen LogP contribution >= 0.6 is 0 Å². The molecule has 1 rings (SSSR count). The minimum absolute atomic E-state index is 0.0385. The highest BCUT2D eigenvalue weighted by Gasteiger charge is 2.18. The van der Waals surface area contributed by atoms with Crippen LogP contribution < -0.4 is 0 Å². The van der Waals surface area contributed by atoms with Crippen molar-refractivity contribution in [3.05, 3.63) is 35.1 Å². The first-order valence-electron chi connectivity index (χ1n) is 6.00. The number of aryl methyl sites for hydroxylation is 1. The van der Waals surface area contributed by atoms with Crippen molar-refractivity contribution in [3.8, 4) is 0 Å². The van der Waals surface area contributed by atoms with Gasteiger partial charge in [-0.25, -0.2) is 4.39 Å². The summed E-state index contributed by atoms with van der Waals surface area (Å²) in [5.74, 6) is -0.341. The Hall–Kier alpha value is -1.38. The van der Waals surface area contributed by atoms with Crippen LogP contribution in [0.4, 0.5) is 4.39 Å². The standard InChI is InChI=1S/C14H20FNO/c1-5-6-11(3)16(4)14(17)13-8-7-12(15)9-10(13)2/h7-9,11H,5-6H2,1-4H3. The van der Waals surface area contributed by atoms with Gasteiger partial charge < -0.3 is 4.90 Å². The molecule has 0 heterocycles. The van der Waals surface area contributed by atoms with Crippen LogP contribution in [0.1, 0.15) is 42.6 Å². The second kappa shape index (κ2) is 5.80. The Balaban J connectivity index is 2.88. The predicted octanol–water partition coefficient (Wildman–Crippen LogP) is 3.39. The number of rotatable bonds is 4. The molecule has 0 saturated carbocycles. The average molecular weight is 237 g/mol. The van der Waals surface area contributed by atoms with Crippen LogP contribution in [-0.4, -0.2) is 23.9 Å². The monoisotopic (exact) mass is 237 g/mol. The van der Waals surface area contributed by atoms with Gasteiger partial charge in [-0.1, -0.05) is 13.3 Å². The van der Waals surface area contributed by atoms with E-state index in [1.165, 1.54) is 12.1 Å². The molecule has 0 bridgehead atoms. The summed E-state index contributed by atoms with van der Waals surface area (Å²) in [6.07, 6.45) is 2.02. The molecule has 0 N–H and O–H groups in total. The topological polar surface area (TPSA) is 20.3 Å². The molecule has 0 aliphatic carbocycles. The molecule has 0 radical (unpaired) electrons. The fourth-order valence-electron chi connectivity index (χ4n) is 1.87. The van der Waals surface area contributed by atoms with Crippen LogP contribution in [0.15, 0.2) is 18.2 Å². The molecular formula is C14H20FNO. The maximum Gasteiger partial charge on any atom is 0.254 e. The van der Waals surface area contributed by atoms with Crippen LogP contribution in [0.2, 0.25) is 0 Å². The smallest absolute Gasteiger partial charge is 0.254 e. The number of hydrogen-bond acceptors (Lipinski definition) is 1. The molecule has 0 aliphatic rings. The lowest BCUT2D eigenvalue weighted by Crippen LogP contribution is -2.35. The van der Waals surface area contributed by atoms with E-state index >= 15 is 0 Å². The molecular weight excluding hydrogens is 217 g/mol. The van der Waals surface area contributed by atoms with E-state index in [-0.39, 0.29) is 17.8 Å². The lowest BCUT2D eigenvalue weighted by atomic mass is 10.1. The zero-order chi connectivity index (χ0) is 13.0. The summed E-state index contributed by atoms with van der Waals surface area (Å²) in [6, 6.07) is 4.49. The Labute approximate surface area is 102 Å². The fourth-order valence-corrected chi connectivity index (χ4v) is 1.87. The van der Waals surface area contributed by atoms with Crippen LogP contribution in [0, 0.1) is 12.7 Å². The SMILES string of the molecule is CCCC(C)N(C)C(=O)c1ccc(F)cc1C. The molecule has 94 valence electrons. The van der Waals surface area contributed by atoms with Gasteiger partial charge in [0.1, 0.15) is 5.82 Å². The number of carbonyl (C=O) groups excluding carboxylic acids is 1. The maximum atomic E-state index is 13.0. The first kappa shape index (κ1) is 13.7. The molecule has 3 heteroatoms. The van der Waals surface area contributed by atoms with Crippen molar-refractivity contribution in [3.63, 3.8) is 0 Å². The molecule has 1 unspecified atom stereocenters. The Morgan fingerprint density at radius 3 is 2.65 bits per heavy atom. The minimum atomic E-state index is -0.302. The number of halogens is 1. The Bertz CT molecular complexity index is 403. The first-order valence-corrected chi connectivity index (χ1v) is 6.00. The molecule has 1 aromatic carbocycles. The lowest BCUT2D eigenvalue weighted by molar-refractivity contribution is 0.0736. The van der Waals surface area contributed by atoms with Crippen molar-refractivity contribution in [2.24, 2.45) is 0 Å². The second-order valence-corrected chi connectivity index (χ2v) is 4.51. The van der Waals surface area contributed by atoms with Gasteiger partial charge in [0, 0.05) is 18.7 Å². The summed E-state index contributed by atoms with van der Waals surface area (Å²) in [4.78, 5) is 13.9. The fraction of sp³-hybridized carbons (Fsp3) is 0.500. The summed E-state index contributed by atoms with van der Waals surface area (Å²) < 4.78 is 13.0. The highest BCUT2D eigenvalue weighted by atomic mass is 19.1. The zero-order valence-corrected chi connectivity index (χ0v) is 11.0. The molecule has 1 aromatic rings. The van der Waals surface area contributed by atoms with Crippen LogP contribution in [0.5, 0.6) is 0 Å². The third kappa shape index (κ3) is 3.29. The van der Waals surface area contributed by atoms with Crippen molar-refractivity contribution in [1.82, 2.24) is 4.90 Å².